The van der Waals surface area contributed by atoms with Crippen LogP contribution in [-0.4, -0.2) is 60.3 Å². The van der Waals surface area contributed by atoms with E-state index in [2.05, 4.69) is 14.7 Å². The zero-order valence-electron chi connectivity index (χ0n) is 10.4. The molecule has 0 saturated carbocycles. The molecule has 0 aromatic carbocycles. The van der Waals surface area contributed by atoms with Gasteiger partial charge in [0, 0.05) is 39.3 Å². The molecule has 92 valence electrons. The van der Waals surface area contributed by atoms with Crippen molar-refractivity contribution in [2.45, 2.75) is 44.8 Å². The van der Waals surface area contributed by atoms with E-state index in [4.69, 9.17) is 0 Å². The van der Waals surface area contributed by atoms with Gasteiger partial charge in [-0.3, -0.25) is 14.7 Å². The van der Waals surface area contributed by atoms with Crippen molar-refractivity contribution in [1.29, 1.82) is 0 Å². The van der Waals surface area contributed by atoms with Crippen molar-refractivity contribution in [3.8, 4) is 0 Å². The molecule has 3 fully saturated rings. The molecule has 3 saturated heterocycles. The Bertz CT molecular complexity index is 175. The smallest absolute Gasteiger partial charge is 0.119 e. The lowest BCUT2D eigenvalue weighted by atomic mass is 10.4. The molecule has 0 N–H and O–H groups in total. The van der Waals surface area contributed by atoms with Gasteiger partial charge in [0.15, 0.2) is 0 Å². The highest BCUT2D eigenvalue weighted by Gasteiger charge is 2.34. The number of hydrogen-bond donors (Lipinski definition) is 0. The molecule has 16 heavy (non-hydrogen) atoms. The summed E-state index contributed by atoms with van der Waals surface area (Å²) in [6.45, 7) is 7.99. The molecule has 3 heteroatoms. The standard InChI is InChI=1S/C13H25N3/c1-2-8-14(7-1)13(15-9-3-4-10-15)16-11-5-6-12-16/h13H,1-12H2. The van der Waals surface area contributed by atoms with E-state index in [1.54, 1.807) is 0 Å². The molecule has 0 amide bonds. The highest BCUT2D eigenvalue weighted by Crippen LogP contribution is 2.24. The van der Waals surface area contributed by atoms with Crippen LogP contribution in [0.25, 0.3) is 0 Å². The van der Waals surface area contributed by atoms with E-state index < -0.39 is 0 Å². The third-order valence-corrected chi connectivity index (χ3v) is 4.40. The second kappa shape index (κ2) is 5.03. The van der Waals surface area contributed by atoms with Crippen molar-refractivity contribution in [3.05, 3.63) is 0 Å². The van der Waals surface area contributed by atoms with Crippen LogP contribution in [0.2, 0.25) is 0 Å². The van der Waals surface area contributed by atoms with Crippen molar-refractivity contribution >= 4 is 0 Å². The SMILES string of the molecule is C1CCN(C(N2CCCC2)N2CCCC2)C1. The maximum atomic E-state index is 2.73. The minimum absolute atomic E-state index is 0.660. The molecule has 3 nitrogen and oxygen atoms in total. The molecule has 0 bridgehead atoms. The molecule has 0 unspecified atom stereocenters. The Kier molecular flexibility index (Phi) is 3.46. The van der Waals surface area contributed by atoms with Gasteiger partial charge in [-0.15, -0.1) is 0 Å². The van der Waals surface area contributed by atoms with Gasteiger partial charge in [-0.2, -0.15) is 0 Å². The minimum atomic E-state index is 0.660. The Morgan fingerprint density at radius 3 is 0.938 bits per heavy atom. The summed E-state index contributed by atoms with van der Waals surface area (Å²) in [4.78, 5) is 8.20. The number of nitrogens with zero attached hydrogens (tertiary/aromatic N) is 3. The van der Waals surface area contributed by atoms with Gasteiger partial charge in [0.2, 0.25) is 0 Å². The van der Waals surface area contributed by atoms with Gasteiger partial charge in [-0.1, -0.05) is 0 Å². The first-order valence-electron chi connectivity index (χ1n) is 7.17. The first-order chi connectivity index (χ1) is 7.95. The van der Waals surface area contributed by atoms with Gasteiger partial charge in [0.1, 0.15) is 6.29 Å². The molecule has 3 heterocycles. The van der Waals surface area contributed by atoms with Crippen LogP contribution in [0, 0.1) is 0 Å². The summed E-state index contributed by atoms with van der Waals surface area (Å²) < 4.78 is 0. The Labute approximate surface area is 99.4 Å². The third kappa shape index (κ3) is 2.13. The van der Waals surface area contributed by atoms with E-state index in [-0.39, 0.29) is 0 Å². The van der Waals surface area contributed by atoms with Crippen LogP contribution >= 0.6 is 0 Å². The van der Waals surface area contributed by atoms with Crippen LogP contribution in [0.1, 0.15) is 38.5 Å². The van der Waals surface area contributed by atoms with Crippen molar-refractivity contribution in [1.82, 2.24) is 14.7 Å². The van der Waals surface area contributed by atoms with Crippen LogP contribution < -0.4 is 0 Å². The summed E-state index contributed by atoms with van der Waals surface area (Å²) in [6, 6.07) is 0. The molecule has 0 radical (unpaired) electrons. The highest BCUT2D eigenvalue weighted by atomic mass is 15.5. The average Bonchev–Trinajstić information content (AvgIpc) is 3.02. The fourth-order valence-corrected chi connectivity index (χ4v) is 3.61. The Hall–Kier alpha value is -0.120. The normalized spacial score (nSPS) is 29.8. The lowest BCUT2D eigenvalue weighted by Crippen LogP contribution is -2.55. The zero-order valence-corrected chi connectivity index (χ0v) is 10.4. The minimum Gasteiger partial charge on any atom is -0.275 e. The zero-order chi connectivity index (χ0) is 10.8. The Morgan fingerprint density at radius 1 is 0.438 bits per heavy atom. The van der Waals surface area contributed by atoms with Crippen molar-refractivity contribution in [2.24, 2.45) is 0 Å². The topological polar surface area (TPSA) is 9.72 Å². The van der Waals surface area contributed by atoms with Crippen LogP contribution in [0.5, 0.6) is 0 Å². The van der Waals surface area contributed by atoms with Gasteiger partial charge in [0.25, 0.3) is 0 Å². The van der Waals surface area contributed by atoms with Crippen molar-refractivity contribution in [3.63, 3.8) is 0 Å². The molecule has 3 aliphatic heterocycles. The van der Waals surface area contributed by atoms with Crippen LogP contribution in [0.15, 0.2) is 0 Å². The van der Waals surface area contributed by atoms with Gasteiger partial charge in [-0.05, 0) is 38.5 Å². The summed E-state index contributed by atoms with van der Waals surface area (Å²) in [5.41, 5.74) is 0. The lowest BCUT2D eigenvalue weighted by molar-refractivity contribution is -0.0389. The molecule has 0 aromatic heterocycles. The number of likely N-dealkylation sites (tertiary alicyclic amines) is 3. The van der Waals surface area contributed by atoms with E-state index in [9.17, 15) is 0 Å². The van der Waals surface area contributed by atoms with Gasteiger partial charge in [0.05, 0.1) is 0 Å². The predicted molar refractivity (Wildman–Crippen MR) is 66.2 cm³/mol. The fraction of sp³-hybridized carbons (Fsp3) is 1.00. The molecule has 3 aliphatic rings. The maximum absolute atomic E-state index is 2.73. The summed E-state index contributed by atoms with van der Waals surface area (Å²) >= 11 is 0. The highest BCUT2D eigenvalue weighted by molar-refractivity contribution is 4.83. The van der Waals surface area contributed by atoms with Gasteiger partial charge in [-0.25, -0.2) is 0 Å². The van der Waals surface area contributed by atoms with E-state index in [0.717, 1.165) is 0 Å². The molecular formula is C13H25N3. The lowest BCUT2D eigenvalue weighted by Gasteiger charge is -2.41. The third-order valence-electron chi connectivity index (χ3n) is 4.40. The summed E-state index contributed by atoms with van der Waals surface area (Å²) in [7, 11) is 0. The molecule has 0 aromatic rings. The Morgan fingerprint density at radius 2 is 0.688 bits per heavy atom. The molecule has 0 atom stereocenters. The second-order valence-corrected chi connectivity index (χ2v) is 5.58. The largest absolute Gasteiger partial charge is 0.275 e. The van der Waals surface area contributed by atoms with Crippen LogP contribution in [0.3, 0.4) is 0 Å². The first-order valence-corrected chi connectivity index (χ1v) is 7.17. The van der Waals surface area contributed by atoms with E-state index >= 15 is 0 Å². The van der Waals surface area contributed by atoms with Crippen LogP contribution in [-0.2, 0) is 0 Å². The van der Waals surface area contributed by atoms with E-state index in [0.29, 0.717) is 6.29 Å². The van der Waals surface area contributed by atoms with Gasteiger partial charge < -0.3 is 0 Å². The molecular weight excluding hydrogens is 198 g/mol. The van der Waals surface area contributed by atoms with Crippen LogP contribution in [0.4, 0.5) is 0 Å². The fourth-order valence-electron chi connectivity index (χ4n) is 3.61. The average molecular weight is 223 g/mol. The number of rotatable bonds is 3. The quantitative estimate of drug-likeness (QED) is 0.719. The first kappa shape index (κ1) is 11.0. The summed E-state index contributed by atoms with van der Waals surface area (Å²) in [6.07, 6.45) is 9.15. The predicted octanol–water partition coefficient (Wildman–Crippen LogP) is 1.56. The molecule has 3 rings (SSSR count). The summed E-state index contributed by atoms with van der Waals surface area (Å²) in [5.74, 6) is 0. The van der Waals surface area contributed by atoms with E-state index in [1.807, 2.05) is 0 Å². The molecule has 0 aliphatic carbocycles. The number of hydrogen-bond acceptors (Lipinski definition) is 3. The monoisotopic (exact) mass is 223 g/mol. The van der Waals surface area contributed by atoms with Gasteiger partial charge >= 0.3 is 0 Å². The maximum Gasteiger partial charge on any atom is 0.119 e. The summed E-state index contributed by atoms with van der Waals surface area (Å²) in [5, 5.41) is 0. The van der Waals surface area contributed by atoms with E-state index in [1.165, 1.54) is 77.8 Å². The van der Waals surface area contributed by atoms with Crippen molar-refractivity contribution in [2.75, 3.05) is 39.3 Å². The van der Waals surface area contributed by atoms with Crippen molar-refractivity contribution < 1.29 is 0 Å². The second-order valence-electron chi connectivity index (χ2n) is 5.58. The Balaban J connectivity index is 1.70. The molecule has 0 spiro atoms.